The van der Waals surface area contributed by atoms with Crippen molar-refractivity contribution in [3.8, 4) is 51.4 Å². The maximum absolute atomic E-state index is 9.68. The van der Waals surface area contributed by atoms with Crippen LogP contribution in [-0.4, -0.2) is 23.9 Å². The minimum absolute atomic E-state index is 0.331. The van der Waals surface area contributed by atoms with Gasteiger partial charge in [0.1, 0.15) is 6.07 Å². The molecule has 0 spiro atoms. The van der Waals surface area contributed by atoms with E-state index in [9.17, 15) is 5.26 Å². The number of hydrogen-bond donors (Lipinski definition) is 0. The van der Waals surface area contributed by atoms with Crippen molar-refractivity contribution in [3.63, 3.8) is 0 Å². The van der Waals surface area contributed by atoms with Crippen LogP contribution in [0.2, 0.25) is 0 Å². The van der Waals surface area contributed by atoms with Crippen molar-refractivity contribution in [2.45, 2.75) is 48.4 Å². The van der Waals surface area contributed by atoms with E-state index in [2.05, 4.69) is 89.1 Å². The number of hydrogen-bond acceptors (Lipinski definition) is 5. The van der Waals surface area contributed by atoms with Crippen LogP contribution in [0.25, 0.3) is 56.2 Å². The number of pyridine rings is 1. The molecular weight excluding hydrogens is 689 g/mol. The Morgan fingerprint density at radius 2 is 1.34 bits per heavy atom. The van der Waals surface area contributed by atoms with E-state index in [0.29, 0.717) is 34.0 Å². The molecule has 5 nitrogen and oxygen atoms in total. The molecule has 0 saturated heterocycles. The standard InChI is InChI=1S/C41H34IN5/c1-26-20-27-21-34(42)24-41(22-26,23-27)33-16-13-29(14-17-33)28-9-11-31(12-10-28)39-45-38(30-6-3-2-4-7-30)46-40(47-39)36-18-15-32(25-43)37-35(36)8-5-19-44-37/h2-19,26-27,34H,20-24H2,1H3/t26-,27-,34+,41?/m1/s1. The summed E-state index contributed by atoms with van der Waals surface area (Å²) in [4.78, 5) is 19.3. The lowest BCUT2D eigenvalue weighted by Crippen LogP contribution is -2.43. The molecule has 4 aromatic carbocycles. The second-order valence-electron chi connectivity index (χ2n) is 13.4. The normalized spacial score (nSPS) is 22.1. The molecular formula is C41H34IN5. The minimum atomic E-state index is 0.331. The molecule has 2 fully saturated rings. The molecule has 0 aliphatic heterocycles. The van der Waals surface area contributed by atoms with Crippen molar-refractivity contribution in [1.82, 2.24) is 19.9 Å². The molecule has 230 valence electrons. The van der Waals surface area contributed by atoms with E-state index in [1.54, 1.807) is 12.3 Å². The minimum Gasteiger partial charge on any atom is -0.255 e. The van der Waals surface area contributed by atoms with Crippen molar-refractivity contribution < 1.29 is 0 Å². The van der Waals surface area contributed by atoms with Crippen molar-refractivity contribution in [2.24, 2.45) is 11.8 Å². The van der Waals surface area contributed by atoms with Gasteiger partial charge in [-0.05, 0) is 84.2 Å². The summed E-state index contributed by atoms with van der Waals surface area (Å²) in [6.07, 6.45) is 8.44. The van der Waals surface area contributed by atoms with E-state index < -0.39 is 0 Å². The topological polar surface area (TPSA) is 75.3 Å². The van der Waals surface area contributed by atoms with Gasteiger partial charge in [0.2, 0.25) is 0 Å². The van der Waals surface area contributed by atoms with Gasteiger partial charge in [-0.3, -0.25) is 4.98 Å². The summed E-state index contributed by atoms with van der Waals surface area (Å²) in [5, 5.41) is 10.5. The zero-order chi connectivity index (χ0) is 32.0. The molecule has 0 radical (unpaired) electrons. The molecule has 0 amide bonds. The van der Waals surface area contributed by atoms with Gasteiger partial charge in [-0.25, -0.2) is 15.0 Å². The first-order valence-electron chi connectivity index (χ1n) is 16.4. The van der Waals surface area contributed by atoms with Gasteiger partial charge >= 0.3 is 0 Å². The predicted octanol–water partition coefficient (Wildman–Crippen LogP) is 10.2. The first-order chi connectivity index (χ1) is 23.0. The van der Waals surface area contributed by atoms with Crippen LogP contribution in [0.3, 0.4) is 0 Å². The second kappa shape index (κ2) is 12.3. The average Bonchev–Trinajstić information content (AvgIpc) is 3.11. The Bertz CT molecular complexity index is 2100. The average molecular weight is 724 g/mol. The lowest BCUT2D eigenvalue weighted by atomic mass is 9.56. The molecule has 2 aromatic heterocycles. The van der Waals surface area contributed by atoms with Gasteiger partial charge in [0.25, 0.3) is 0 Å². The highest BCUT2D eigenvalue weighted by molar-refractivity contribution is 14.1. The first kappa shape index (κ1) is 29.9. The van der Waals surface area contributed by atoms with Gasteiger partial charge < -0.3 is 0 Å². The third-order valence-electron chi connectivity index (χ3n) is 10.1. The highest BCUT2D eigenvalue weighted by Crippen LogP contribution is 2.54. The number of nitriles is 1. The van der Waals surface area contributed by atoms with Crippen LogP contribution in [0, 0.1) is 23.2 Å². The number of aromatic nitrogens is 4. The fourth-order valence-electron chi connectivity index (χ4n) is 8.24. The van der Waals surface area contributed by atoms with E-state index in [0.717, 1.165) is 37.8 Å². The summed E-state index contributed by atoms with van der Waals surface area (Å²) in [5.74, 6) is 3.42. The molecule has 4 atom stereocenters. The quantitative estimate of drug-likeness (QED) is 0.131. The molecule has 8 rings (SSSR count). The Balaban J connectivity index is 1.15. The molecule has 2 aliphatic carbocycles. The number of nitrogens with zero attached hydrogens (tertiary/aromatic N) is 5. The fourth-order valence-corrected chi connectivity index (χ4v) is 9.80. The lowest BCUT2D eigenvalue weighted by Gasteiger charge is -2.50. The van der Waals surface area contributed by atoms with E-state index in [-0.39, 0.29) is 0 Å². The van der Waals surface area contributed by atoms with Crippen molar-refractivity contribution >= 4 is 33.5 Å². The predicted molar refractivity (Wildman–Crippen MR) is 197 cm³/mol. The van der Waals surface area contributed by atoms with Gasteiger partial charge in [-0.2, -0.15) is 5.26 Å². The molecule has 0 N–H and O–H groups in total. The molecule has 2 saturated carbocycles. The van der Waals surface area contributed by atoms with Crippen LogP contribution in [0.15, 0.2) is 109 Å². The maximum Gasteiger partial charge on any atom is 0.164 e. The summed E-state index contributed by atoms with van der Waals surface area (Å²) < 4.78 is 0.775. The Morgan fingerprint density at radius 1 is 0.681 bits per heavy atom. The fraction of sp³-hybridized carbons (Fsp3) is 0.244. The number of fused-ring (bicyclic) bond motifs is 3. The van der Waals surface area contributed by atoms with Crippen molar-refractivity contribution in [3.05, 3.63) is 120 Å². The van der Waals surface area contributed by atoms with E-state index in [4.69, 9.17) is 15.0 Å². The van der Waals surface area contributed by atoms with Gasteiger partial charge in [0, 0.05) is 32.2 Å². The number of benzene rings is 4. The maximum atomic E-state index is 9.68. The van der Waals surface area contributed by atoms with Crippen LogP contribution in [0.4, 0.5) is 0 Å². The summed E-state index contributed by atoms with van der Waals surface area (Å²) in [5.41, 5.74) is 8.05. The third-order valence-corrected chi connectivity index (χ3v) is 11.1. The van der Waals surface area contributed by atoms with Crippen LogP contribution >= 0.6 is 22.6 Å². The monoisotopic (exact) mass is 723 g/mol. The van der Waals surface area contributed by atoms with Crippen LogP contribution in [0.5, 0.6) is 0 Å². The Kier molecular flexibility index (Phi) is 7.81. The summed E-state index contributed by atoms with van der Waals surface area (Å²) in [7, 11) is 0. The van der Waals surface area contributed by atoms with E-state index in [1.165, 1.54) is 48.8 Å². The Morgan fingerprint density at radius 3 is 2.06 bits per heavy atom. The van der Waals surface area contributed by atoms with Gasteiger partial charge in [-0.1, -0.05) is 114 Å². The van der Waals surface area contributed by atoms with Crippen molar-refractivity contribution in [1.29, 1.82) is 5.26 Å². The second-order valence-corrected chi connectivity index (χ2v) is 15.2. The molecule has 2 bridgehead atoms. The largest absolute Gasteiger partial charge is 0.255 e. The summed E-state index contributed by atoms with van der Waals surface area (Å²) in [6.45, 7) is 2.45. The molecule has 47 heavy (non-hydrogen) atoms. The third kappa shape index (κ3) is 5.72. The molecule has 1 unspecified atom stereocenters. The van der Waals surface area contributed by atoms with Gasteiger partial charge in [-0.15, -0.1) is 0 Å². The summed E-state index contributed by atoms with van der Waals surface area (Å²) >= 11 is 2.70. The van der Waals surface area contributed by atoms with Gasteiger partial charge in [0.15, 0.2) is 17.5 Å². The number of rotatable bonds is 5. The Labute approximate surface area is 289 Å². The molecule has 2 aliphatic rings. The zero-order valence-corrected chi connectivity index (χ0v) is 28.4. The van der Waals surface area contributed by atoms with Gasteiger partial charge in [0.05, 0.1) is 11.1 Å². The highest BCUT2D eigenvalue weighted by atomic mass is 127. The van der Waals surface area contributed by atoms with E-state index >= 15 is 0 Å². The smallest absolute Gasteiger partial charge is 0.164 e. The van der Waals surface area contributed by atoms with Crippen molar-refractivity contribution in [2.75, 3.05) is 0 Å². The number of halogens is 1. The highest BCUT2D eigenvalue weighted by Gasteiger charge is 2.45. The zero-order valence-electron chi connectivity index (χ0n) is 26.3. The first-order valence-corrected chi connectivity index (χ1v) is 17.7. The SMILES string of the molecule is C[C@@H]1C[C@@H]2C[C@H](I)CC(c3ccc(-c4ccc(-c5nc(-c6ccccc6)nc(-c6ccc(C#N)c7ncccc67)n5)cc4)cc3)(C1)C2. The van der Waals surface area contributed by atoms with E-state index in [1.807, 2.05) is 48.5 Å². The number of alkyl halides is 1. The molecule has 2 heterocycles. The van der Waals surface area contributed by atoms with Crippen LogP contribution in [-0.2, 0) is 5.41 Å². The molecule has 6 heteroatoms. The molecule has 6 aromatic rings. The Hall–Kier alpha value is -4.48. The lowest BCUT2D eigenvalue weighted by molar-refractivity contribution is 0.117. The summed E-state index contributed by atoms with van der Waals surface area (Å²) in [6, 6.07) is 37.7. The van der Waals surface area contributed by atoms with Crippen LogP contribution < -0.4 is 0 Å². The van der Waals surface area contributed by atoms with Crippen LogP contribution in [0.1, 0.15) is 50.2 Å².